The summed E-state index contributed by atoms with van der Waals surface area (Å²) in [7, 11) is 0. The number of benzene rings is 1. The molecule has 1 saturated carbocycles. The first-order valence-corrected chi connectivity index (χ1v) is 8.25. The molecule has 0 amide bonds. The van der Waals surface area contributed by atoms with Gasteiger partial charge in [-0.05, 0) is 53.0 Å². The van der Waals surface area contributed by atoms with Crippen molar-refractivity contribution in [1.82, 2.24) is 4.90 Å². The number of rotatable bonds is 5. The van der Waals surface area contributed by atoms with E-state index in [1.807, 2.05) is 6.07 Å². The van der Waals surface area contributed by atoms with Gasteiger partial charge in [0.25, 0.3) is 0 Å². The molecule has 1 aliphatic carbocycles. The van der Waals surface area contributed by atoms with Crippen molar-refractivity contribution < 1.29 is 0 Å². The average molecular weight is 346 g/mol. The van der Waals surface area contributed by atoms with Gasteiger partial charge in [-0.25, -0.2) is 0 Å². The molecule has 0 bridgehead atoms. The summed E-state index contributed by atoms with van der Waals surface area (Å²) in [6, 6.07) is 7.14. The molecule has 1 aromatic rings. The van der Waals surface area contributed by atoms with Gasteiger partial charge in [0.05, 0.1) is 5.02 Å². The van der Waals surface area contributed by atoms with Crippen molar-refractivity contribution in [3.63, 3.8) is 0 Å². The van der Waals surface area contributed by atoms with Gasteiger partial charge in [0.2, 0.25) is 0 Å². The lowest BCUT2D eigenvalue weighted by Gasteiger charge is -2.35. The van der Waals surface area contributed by atoms with Crippen LogP contribution in [-0.2, 0) is 0 Å². The molecule has 0 saturated heterocycles. The van der Waals surface area contributed by atoms with Crippen LogP contribution < -0.4 is 5.73 Å². The topological polar surface area (TPSA) is 29.3 Å². The summed E-state index contributed by atoms with van der Waals surface area (Å²) in [6.07, 6.45) is 5.31. The van der Waals surface area contributed by atoms with E-state index in [0.29, 0.717) is 18.6 Å². The zero-order valence-electron chi connectivity index (χ0n) is 11.4. The predicted molar refractivity (Wildman–Crippen MR) is 85.6 cm³/mol. The zero-order valence-corrected chi connectivity index (χ0v) is 13.8. The van der Waals surface area contributed by atoms with E-state index in [2.05, 4.69) is 39.9 Å². The fourth-order valence-corrected chi connectivity index (χ4v) is 3.67. The predicted octanol–water partition coefficient (Wildman–Crippen LogP) is 4.37. The summed E-state index contributed by atoms with van der Waals surface area (Å²) >= 11 is 9.58. The normalized spacial score (nSPS) is 18.2. The number of halogens is 2. The van der Waals surface area contributed by atoms with Crippen LogP contribution in [0.25, 0.3) is 0 Å². The second-order valence-corrected chi connectivity index (χ2v) is 6.46. The molecule has 4 heteroatoms. The summed E-state index contributed by atoms with van der Waals surface area (Å²) in [5, 5.41) is 0.753. The maximum absolute atomic E-state index is 6.08. The molecule has 0 spiro atoms. The van der Waals surface area contributed by atoms with Gasteiger partial charge in [-0.15, -0.1) is 0 Å². The maximum Gasteiger partial charge on any atom is 0.0548 e. The molecule has 1 aliphatic rings. The Bertz CT molecular complexity index is 419. The van der Waals surface area contributed by atoms with Crippen LogP contribution >= 0.6 is 27.5 Å². The Hall–Kier alpha value is -0.0900. The third kappa shape index (κ3) is 3.52. The SMILES string of the molecule is CCN(C1CCCC1)C(CN)c1ccc(Cl)c(Br)c1. The Morgan fingerprint density at radius 3 is 2.63 bits per heavy atom. The van der Waals surface area contributed by atoms with Gasteiger partial charge in [0.15, 0.2) is 0 Å². The molecule has 0 radical (unpaired) electrons. The van der Waals surface area contributed by atoms with E-state index in [4.69, 9.17) is 17.3 Å². The van der Waals surface area contributed by atoms with Gasteiger partial charge in [-0.2, -0.15) is 0 Å². The quantitative estimate of drug-likeness (QED) is 0.858. The van der Waals surface area contributed by atoms with Crippen LogP contribution in [0, 0.1) is 0 Å². The van der Waals surface area contributed by atoms with Crippen molar-refractivity contribution >= 4 is 27.5 Å². The molecular formula is C15H22BrClN2. The highest BCUT2D eigenvalue weighted by Gasteiger charge is 2.27. The monoisotopic (exact) mass is 344 g/mol. The number of nitrogens with two attached hydrogens (primary N) is 1. The van der Waals surface area contributed by atoms with Crippen molar-refractivity contribution in [2.75, 3.05) is 13.1 Å². The number of nitrogens with zero attached hydrogens (tertiary/aromatic N) is 1. The molecular weight excluding hydrogens is 324 g/mol. The van der Waals surface area contributed by atoms with E-state index >= 15 is 0 Å². The van der Waals surface area contributed by atoms with Crippen molar-refractivity contribution in [2.45, 2.75) is 44.7 Å². The Morgan fingerprint density at radius 1 is 1.42 bits per heavy atom. The minimum atomic E-state index is 0.293. The molecule has 1 unspecified atom stereocenters. The molecule has 2 rings (SSSR count). The van der Waals surface area contributed by atoms with Gasteiger partial charge in [0.1, 0.15) is 0 Å². The highest BCUT2D eigenvalue weighted by Crippen LogP contribution is 2.33. The summed E-state index contributed by atoms with van der Waals surface area (Å²) in [6.45, 7) is 3.93. The summed E-state index contributed by atoms with van der Waals surface area (Å²) < 4.78 is 0.951. The smallest absolute Gasteiger partial charge is 0.0548 e. The van der Waals surface area contributed by atoms with E-state index in [1.54, 1.807) is 0 Å². The Morgan fingerprint density at radius 2 is 2.11 bits per heavy atom. The first kappa shape index (κ1) is 15.3. The van der Waals surface area contributed by atoms with Crippen LogP contribution in [0.4, 0.5) is 0 Å². The first-order chi connectivity index (χ1) is 9.17. The third-order valence-electron chi connectivity index (χ3n) is 4.11. The highest BCUT2D eigenvalue weighted by molar-refractivity contribution is 9.10. The van der Waals surface area contributed by atoms with Crippen molar-refractivity contribution in [2.24, 2.45) is 5.73 Å². The Labute approximate surface area is 129 Å². The van der Waals surface area contributed by atoms with Crippen LogP contribution in [0.15, 0.2) is 22.7 Å². The molecule has 106 valence electrons. The third-order valence-corrected chi connectivity index (χ3v) is 5.32. The molecule has 0 aromatic heterocycles. The molecule has 1 atom stereocenters. The second kappa shape index (κ2) is 7.07. The summed E-state index contributed by atoms with van der Waals surface area (Å²) in [5.41, 5.74) is 7.30. The van der Waals surface area contributed by atoms with E-state index in [-0.39, 0.29) is 0 Å². The van der Waals surface area contributed by atoms with Crippen LogP contribution in [0.5, 0.6) is 0 Å². The zero-order chi connectivity index (χ0) is 13.8. The molecule has 2 nitrogen and oxygen atoms in total. The van der Waals surface area contributed by atoms with Crippen molar-refractivity contribution in [1.29, 1.82) is 0 Å². The standard InChI is InChI=1S/C15H22BrClN2/c1-2-19(12-5-3-4-6-12)15(10-18)11-7-8-14(17)13(16)9-11/h7-9,12,15H,2-6,10,18H2,1H3. The Kier molecular flexibility index (Phi) is 5.70. The largest absolute Gasteiger partial charge is 0.329 e. The van der Waals surface area contributed by atoms with Gasteiger partial charge in [-0.3, -0.25) is 4.90 Å². The number of likely N-dealkylation sites (N-methyl/N-ethyl adjacent to an activating group) is 1. The molecule has 1 fully saturated rings. The number of hydrogen-bond acceptors (Lipinski definition) is 2. The lowest BCUT2D eigenvalue weighted by atomic mass is 10.0. The number of hydrogen-bond donors (Lipinski definition) is 1. The molecule has 2 N–H and O–H groups in total. The Balaban J connectivity index is 2.23. The molecule has 0 heterocycles. The maximum atomic E-state index is 6.08. The van der Waals surface area contributed by atoms with E-state index in [9.17, 15) is 0 Å². The highest BCUT2D eigenvalue weighted by atomic mass is 79.9. The fraction of sp³-hybridized carbons (Fsp3) is 0.600. The van der Waals surface area contributed by atoms with E-state index in [0.717, 1.165) is 16.0 Å². The lowest BCUT2D eigenvalue weighted by molar-refractivity contribution is 0.147. The lowest BCUT2D eigenvalue weighted by Crippen LogP contribution is -2.40. The van der Waals surface area contributed by atoms with Gasteiger partial charge in [0, 0.05) is 23.1 Å². The van der Waals surface area contributed by atoms with Gasteiger partial charge >= 0.3 is 0 Å². The van der Waals surface area contributed by atoms with Crippen LogP contribution in [0.2, 0.25) is 5.02 Å². The van der Waals surface area contributed by atoms with Crippen LogP contribution in [0.1, 0.15) is 44.2 Å². The molecule has 0 aliphatic heterocycles. The van der Waals surface area contributed by atoms with Gasteiger partial charge in [-0.1, -0.05) is 37.4 Å². The van der Waals surface area contributed by atoms with Crippen LogP contribution in [-0.4, -0.2) is 24.0 Å². The van der Waals surface area contributed by atoms with E-state index in [1.165, 1.54) is 31.2 Å². The average Bonchev–Trinajstić information content (AvgIpc) is 2.93. The summed E-state index contributed by atoms with van der Waals surface area (Å²) in [4.78, 5) is 2.56. The molecule has 19 heavy (non-hydrogen) atoms. The minimum Gasteiger partial charge on any atom is -0.329 e. The van der Waals surface area contributed by atoms with Gasteiger partial charge < -0.3 is 5.73 Å². The first-order valence-electron chi connectivity index (χ1n) is 7.08. The fourth-order valence-electron chi connectivity index (χ4n) is 3.15. The van der Waals surface area contributed by atoms with Crippen molar-refractivity contribution in [3.8, 4) is 0 Å². The van der Waals surface area contributed by atoms with E-state index < -0.39 is 0 Å². The van der Waals surface area contributed by atoms with Crippen LogP contribution in [0.3, 0.4) is 0 Å². The summed E-state index contributed by atoms with van der Waals surface area (Å²) in [5.74, 6) is 0. The minimum absolute atomic E-state index is 0.293. The second-order valence-electron chi connectivity index (χ2n) is 5.19. The molecule has 1 aromatic carbocycles. The van der Waals surface area contributed by atoms with Crippen molar-refractivity contribution in [3.05, 3.63) is 33.3 Å².